The summed E-state index contributed by atoms with van der Waals surface area (Å²) < 4.78 is 64.9. The molecule has 15 heteroatoms. The number of rotatable bonds is 13. The molecule has 6 rings (SSSR count). The predicted molar refractivity (Wildman–Crippen MR) is 193 cm³/mol. The van der Waals surface area contributed by atoms with Gasteiger partial charge in [-0.1, -0.05) is 78.1 Å². The second-order valence-corrected chi connectivity index (χ2v) is 14.8. The Kier molecular flexibility index (Phi) is 13.9. The first kappa shape index (κ1) is 40.5. The Bertz CT molecular complexity index is 1920. The maximum Gasteiger partial charge on any atom is 0.573 e. The average Bonchev–Trinajstić information content (AvgIpc) is 3.63. The van der Waals surface area contributed by atoms with Crippen LogP contribution in [0.4, 0.5) is 17.6 Å². The Balaban J connectivity index is 0.000000210. The third-order valence-electron chi connectivity index (χ3n) is 8.17. The van der Waals surface area contributed by atoms with Gasteiger partial charge in [-0.3, -0.25) is 19.2 Å². The number of hydrogen-bond donors (Lipinski definition) is 2. The first-order valence-electron chi connectivity index (χ1n) is 16.6. The highest BCUT2D eigenvalue weighted by atomic mass is 32.2. The minimum absolute atomic E-state index is 0.0161. The summed E-state index contributed by atoms with van der Waals surface area (Å²) in [7, 11) is 0. The number of aliphatic hydroxyl groups is 2. The smallest absolute Gasteiger partial charge is 0.491 e. The van der Waals surface area contributed by atoms with Crippen LogP contribution in [-0.2, 0) is 32.0 Å². The third-order valence-corrected chi connectivity index (χ3v) is 10.4. The lowest BCUT2D eigenvalue weighted by Gasteiger charge is -2.14. The van der Waals surface area contributed by atoms with Crippen LogP contribution in [0.5, 0.6) is 17.2 Å². The van der Waals surface area contributed by atoms with Gasteiger partial charge in [0.15, 0.2) is 21.8 Å². The van der Waals surface area contributed by atoms with Crippen molar-refractivity contribution >= 4 is 45.3 Å². The molecule has 2 aliphatic heterocycles. The van der Waals surface area contributed by atoms with Crippen LogP contribution >= 0.6 is 23.5 Å². The lowest BCUT2D eigenvalue weighted by Crippen LogP contribution is -2.17. The van der Waals surface area contributed by atoms with E-state index in [1.54, 1.807) is 48.5 Å². The van der Waals surface area contributed by atoms with Crippen molar-refractivity contribution in [3.63, 3.8) is 0 Å². The fourth-order valence-corrected chi connectivity index (χ4v) is 7.47. The van der Waals surface area contributed by atoms with Crippen LogP contribution in [0.25, 0.3) is 0 Å². The van der Waals surface area contributed by atoms with Gasteiger partial charge in [-0.2, -0.15) is 0 Å². The molecule has 0 radical (unpaired) electrons. The van der Waals surface area contributed by atoms with Gasteiger partial charge in [0.1, 0.15) is 48.5 Å². The Labute approximate surface area is 316 Å². The molecule has 2 fully saturated rings. The molecule has 4 atom stereocenters. The van der Waals surface area contributed by atoms with Crippen molar-refractivity contribution in [1.29, 1.82) is 0 Å². The number of thioether (sulfide) groups is 2. The molecule has 0 aliphatic carbocycles. The molecule has 0 bridgehead atoms. The lowest BCUT2D eigenvalue weighted by molar-refractivity contribution is -0.274. The number of carbonyl (C=O) groups is 4. The van der Waals surface area contributed by atoms with Gasteiger partial charge < -0.3 is 24.4 Å². The quantitative estimate of drug-likeness (QED) is 0.108. The van der Waals surface area contributed by atoms with Gasteiger partial charge in [-0.15, -0.1) is 13.2 Å². The van der Waals surface area contributed by atoms with Crippen LogP contribution in [-0.4, -0.2) is 62.1 Å². The van der Waals surface area contributed by atoms with E-state index in [0.717, 1.165) is 46.8 Å². The Hall–Kier alpha value is -4.70. The Morgan fingerprint density at radius 1 is 0.630 bits per heavy atom. The number of aliphatic hydroxyl groups excluding tert-OH is 2. The van der Waals surface area contributed by atoms with Crippen molar-refractivity contribution in [2.75, 3.05) is 13.2 Å². The number of Topliss-reactive ketones (excluding diaryl/α,β-unsaturated/α-hetero) is 2. The summed E-state index contributed by atoms with van der Waals surface area (Å²) in [6.45, 7) is -0.157. The fourth-order valence-electron chi connectivity index (χ4n) is 5.40. The zero-order valence-corrected chi connectivity index (χ0v) is 30.0. The number of benzene rings is 4. The number of halogens is 4. The molecule has 284 valence electrons. The number of ketones is 2. The molecule has 0 aromatic heterocycles. The maximum atomic E-state index is 13.6. The van der Waals surface area contributed by atoms with E-state index in [1.807, 2.05) is 12.1 Å². The molecule has 4 unspecified atom stereocenters. The van der Waals surface area contributed by atoms with E-state index in [4.69, 9.17) is 9.47 Å². The van der Waals surface area contributed by atoms with Gasteiger partial charge in [-0.25, -0.2) is 4.39 Å². The summed E-state index contributed by atoms with van der Waals surface area (Å²) in [4.78, 5) is 45.9. The summed E-state index contributed by atoms with van der Waals surface area (Å²) in [5.74, 6) is 0.109. The van der Waals surface area contributed by atoms with E-state index in [-0.39, 0.29) is 69.7 Å². The first-order chi connectivity index (χ1) is 25.7. The Morgan fingerprint density at radius 3 is 1.50 bits per heavy atom. The summed E-state index contributed by atoms with van der Waals surface area (Å²) >= 11 is 2.16. The zero-order valence-electron chi connectivity index (χ0n) is 28.4. The monoisotopic (exact) mass is 786 g/mol. The summed E-state index contributed by atoms with van der Waals surface area (Å²) in [5, 5.41) is 19.3. The molecular formula is C39H34F4O9S2. The van der Waals surface area contributed by atoms with Crippen LogP contribution in [0.2, 0.25) is 0 Å². The highest BCUT2D eigenvalue weighted by molar-refractivity contribution is 8.15. The second-order valence-electron chi connectivity index (χ2n) is 12.2. The van der Waals surface area contributed by atoms with Gasteiger partial charge >= 0.3 is 6.36 Å². The molecule has 2 heterocycles. The lowest BCUT2D eigenvalue weighted by atomic mass is 10.1. The van der Waals surface area contributed by atoms with Crippen molar-refractivity contribution in [3.05, 3.63) is 125 Å². The predicted octanol–water partition coefficient (Wildman–Crippen LogP) is 6.92. The van der Waals surface area contributed by atoms with E-state index in [1.165, 1.54) is 24.3 Å². The van der Waals surface area contributed by atoms with E-state index in [2.05, 4.69) is 4.74 Å². The molecule has 2 N–H and O–H groups in total. The topological polar surface area (TPSA) is 136 Å². The molecule has 0 spiro atoms. The van der Waals surface area contributed by atoms with Crippen molar-refractivity contribution in [2.24, 2.45) is 0 Å². The third kappa shape index (κ3) is 12.2. The molecule has 54 heavy (non-hydrogen) atoms. The van der Waals surface area contributed by atoms with Gasteiger partial charge in [-0.05, 0) is 72.0 Å². The molecule has 0 amide bonds. The van der Waals surface area contributed by atoms with Crippen LogP contribution in [0.1, 0.15) is 47.3 Å². The first-order valence-corrected chi connectivity index (χ1v) is 18.3. The molecule has 4 aromatic carbocycles. The van der Waals surface area contributed by atoms with Crippen LogP contribution in [0.3, 0.4) is 0 Å². The number of carbonyl (C=O) groups excluding carboxylic acids is 4. The highest BCUT2D eigenvalue weighted by Gasteiger charge is 2.33. The zero-order chi connectivity index (χ0) is 38.8. The van der Waals surface area contributed by atoms with Crippen molar-refractivity contribution in [1.82, 2.24) is 0 Å². The van der Waals surface area contributed by atoms with Gasteiger partial charge in [0.25, 0.3) is 0 Å². The van der Waals surface area contributed by atoms with Crippen molar-refractivity contribution in [3.8, 4) is 17.2 Å². The summed E-state index contributed by atoms with van der Waals surface area (Å²) in [5.41, 5.74) is 2.40. The van der Waals surface area contributed by atoms with E-state index < -0.39 is 24.4 Å². The van der Waals surface area contributed by atoms with Crippen molar-refractivity contribution < 1.29 is 61.2 Å². The minimum Gasteiger partial charge on any atom is -0.491 e. The fraction of sp³-hybridized carbons (Fsp3) is 0.282. The molecule has 2 saturated heterocycles. The van der Waals surface area contributed by atoms with Crippen molar-refractivity contribution in [2.45, 2.75) is 54.8 Å². The Morgan fingerprint density at radius 2 is 1.07 bits per heavy atom. The molecule has 4 aromatic rings. The highest BCUT2D eigenvalue weighted by Crippen LogP contribution is 2.30. The second kappa shape index (κ2) is 18.6. The molecule has 2 aliphatic rings. The number of ether oxygens (including phenoxy) is 3. The largest absolute Gasteiger partial charge is 0.573 e. The molecule has 0 saturated carbocycles. The van der Waals surface area contributed by atoms with Crippen LogP contribution in [0.15, 0.2) is 97.1 Å². The average molecular weight is 787 g/mol. The van der Waals surface area contributed by atoms with E-state index in [0.29, 0.717) is 29.9 Å². The standard InChI is InChI=1S/C20H17F3O5S.C19H17FO4S/c21-20(22,23)28-15-7-3-13(4-8-15)17(25)11-27-14-5-1-12(2-6-14)9-18-16(24)10-19(26)29-18;20-15-4-2-1-3-14(15)17(22)11-24-13-7-5-12(6-8-13)9-18-16(21)10-19(23)25-18/h1-8,17-18,25H,9-11H2;1-8,17-18,22H,9-11H2. The molecular weight excluding hydrogens is 753 g/mol. The summed E-state index contributed by atoms with van der Waals surface area (Å²) in [6.07, 6.45) is -5.89. The number of alkyl halides is 3. The van der Waals surface area contributed by atoms with Crippen LogP contribution < -0.4 is 14.2 Å². The maximum absolute atomic E-state index is 13.6. The van der Waals surface area contributed by atoms with Gasteiger partial charge in [0, 0.05) is 5.56 Å². The van der Waals surface area contributed by atoms with Gasteiger partial charge in [0.2, 0.25) is 0 Å². The van der Waals surface area contributed by atoms with E-state index in [9.17, 15) is 47.0 Å². The summed E-state index contributed by atoms with van der Waals surface area (Å²) in [6, 6.07) is 25.0. The SMILES string of the molecule is O=C1CC(=O)C(Cc2ccc(OCC(O)c3ccc(OC(F)(F)F)cc3)cc2)S1.O=C1CC(=O)C(Cc2ccc(OCC(O)c3ccccc3F)cc2)S1. The minimum atomic E-state index is -4.77. The van der Waals surface area contributed by atoms with Gasteiger partial charge in [0.05, 0.1) is 23.3 Å². The molecule has 9 nitrogen and oxygen atoms in total. The van der Waals surface area contributed by atoms with Crippen LogP contribution in [0, 0.1) is 5.82 Å². The number of hydrogen-bond acceptors (Lipinski definition) is 11. The normalized spacial score (nSPS) is 18.2. The van der Waals surface area contributed by atoms with E-state index >= 15 is 0 Å².